The van der Waals surface area contributed by atoms with Gasteiger partial charge in [-0.1, -0.05) is 75.3 Å². The van der Waals surface area contributed by atoms with Gasteiger partial charge in [0.05, 0.1) is 11.4 Å². The third kappa shape index (κ3) is 9.81. The van der Waals surface area contributed by atoms with Gasteiger partial charge in [0, 0.05) is 12.5 Å². The highest BCUT2D eigenvalue weighted by Gasteiger charge is 2.54. The van der Waals surface area contributed by atoms with E-state index in [0.29, 0.717) is 0 Å². The Bertz CT molecular complexity index is 1270. The number of hydrogen-bond donors (Lipinski definition) is 5. The number of carbonyl (C=O) groups is 7. The molecule has 0 aliphatic carbocycles. The Hall–Kier alpha value is -2.96. The summed E-state index contributed by atoms with van der Waals surface area (Å²) in [6, 6.07) is 2.99. The molecule has 6 amide bonds. The SMILES string of the molecule is CC(=O)Nc1c(NC=O)cccc1C(NC(=O)C(Cl)Cl)(NC(=O)C(Cl)(Cl)Cl)C(=O)N(NC(=O)CCl)OC(=O)C(F)(F)F. The first-order chi connectivity index (χ1) is 19.2. The molecule has 0 aromatic heterocycles. The molecule has 23 heteroatoms. The van der Waals surface area contributed by atoms with Crippen LogP contribution in [0.15, 0.2) is 18.2 Å². The zero-order valence-electron chi connectivity index (χ0n) is 20.2. The van der Waals surface area contributed by atoms with Crippen LogP contribution in [-0.2, 0) is 44.1 Å². The number of hydrazine groups is 1. The van der Waals surface area contributed by atoms with E-state index in [1.165, 1.54) is 5.43 Å². The van der Waals surface area contributed by atoms with Crippen LogP contribution in [0.5, 0.6) is 0 Å². The first kappa shape index (κ1) is 37.1. The summed E-state index contributed by atoms with van der Waals surface area (Å²) in [6.45, 7) is 0.926. The maximum Gasteiger partial charge on any atom is 0.493 e. The number of hydrogen-bond acceptors (Lipinski definition) is 8. The molecule has 1 aromatic carbocycles. The van der Waals surface area contributed by atoms with Gasteiger partial charge >= 0.3 is 18.1 Å². The minimum absolute atomic E-state index is 0.0814. The van der Waals surface area contributed by atoms with Crippen LogP contribution in [0, 0.1) is 0 Å². The molecule has 0 saturated heterocycles. The lowest BCUT2D eigenvalue weighted by Crippen LogP contribution is -2.70. The van der Waals surface area contributed by atoms with Gasteiger partial charge in [-0.25, -0.2) is 10.2 Å². The Morgan fingerprint density at radius 3 is 2.10 bits per heavy atom. The molecular formula is C19H15Cl6F3N6O8. The number of hydroxylamine groups is 1. The Balaban J connectivity index is 4.29. The molecule has 5 N–H and O–H groups in total. The van der Waals surface area contributed by atoms with Gasteiger partial charge in [-0.2, -0.15) is 13.2 Å². The monoisotopic (exact) mass is 722 g/mol. The van der Waals surface area contributed by atoms with Gasteiger partial charge in [-0.15, -0.1) is 11.6 Å². The summed E-state index contributed by atoms with van der Waals surface area (Å²) >= 11 is 33.3. The second-order valence-corrected chi connectivity index (χ2v) is 11.0. The summed E-state index contributed by atoms with van der Waals surface area (Å²) in [5.41, 5.74) is -3.85. The van der Waals surface area contributed by atoms with Crippen LogP contribution in [0.25, 0.3) is 0 Å². The van der Waals surface area contributed by atoms with Crippen LogP contribution in [0.4, 0.5) is 24.5 Å². The number of halogens is 9. The summed E-state index contributed by atoms with van der Waals surface area (Å²) in [4.78, 5) is 88.4. The number of benzene rings is 1. The van der Waals surface area contributed by atoms with Gasteiger partial charge in [-0.3, -0.25) is 28.8 Å². The second kappa shape index (κ2) is 15.0. The van der Waals surface area contributed by atoms with Gasteiger partial charge < -0.3 is 26.1 Å². The molecule has 0 spiro atoms. The molecule has 1 rings (SSSR count). The summed E-state index contributed by atoms with van der Waals surface area (Å²) in [6.07, 6.45) is -5.71. The molecule has 1 atom stereocenters. The van der Waals surface area contributed by atoms with Crippen LogP contribution >= 0.6 is 69.6 Å². The highest BCUT2D eigenvalue weighted by molar-refractivity contribution is 6.76. The Kier molecular flexibility index (Phi) is 13.2. The van der Waals surface area contributed by atoms with Crippen molar-refractivity contribution >= 4 is 123 Å². The summed E-state index contributed by atoms with van der Waals surface area (Å²) in [5, 5.41) is 7.04. The quantitative estimate of drug-likeness (QED) is 0.110. The van der Waals surface area contributed by atoms with E-state index >= 15 is 0 Å². The van der Waals surface area contributed by atoms with Crippen LogP contribution in [0.3, 0.4) is 0 Å². The van der Waals surface area contributed by atoms with E-state index in [4.69, 9.17) is 69.6 Å². The fraction of sp³-hybridized carbons (Fsp3) is 0.316. The topological polar surface area (TPSA) is 192 Å². The van der Waals surface area contributed by atoms with Crippen molar-refractivity contribution in [1.29, 1.82) is 0 Å². The van der Waals surface area contributed by atoms with Crippen molar-refractivity contribution in [1.82, 2.24) is 21.2 Å². The fourth-order valence-corrected chi connectivity index (χ4v) is 3.08. The smallest absolute Gasteiger partial charge is 0.327 e. The van der Waals surface area contributed by atoms with E-state index in [-0.39, 0.29) is 12.1 Å². The molecule has 0 fully saturated rings. The molecule has 0 aliphatic rings. The molecule has 0 heterocycles. The van der Waals surface area contributed by atoms with E-state index in [2.05, 4.69) is 15.5 Å². The molecule has 232 valence electrons. The molecular weight excluding hydrogens is 710 g/mol. The maximum absolute atomic E-state index is 14.0. The molecule has 0 bridgehead atoms. The molecule has 0 saturated carbocycles. The second-order valence-electron chi connectivity index (χ2n) is 7.31. The van der Waals surface area contributed by atoms with E-state index in [1.807, 2.05) is 0 Å². The fourth-order valence-electron chi connectivity index (χ4n) is 2.77. The third-order valence-electron chi connectivity index (χ3n) is 4.31. The molecule has 1 unspecified atom stereocenters. The normalized spacial score (nSPS) is 12.7. The van der Waals surface area contributed by atoms with Crippen LogP contribution in [0.1, 0.15) is 12.5 Å². The number of alkyl halides is 9. The van der Waals surface area contributed by atoms with Crippen LogP contribution in [-0.4, -0.2) is 67.8 Å². The zero-order chi connectivity index (χ0) is 32.6. The van der Waals surface area contributed by atoms with Crippen molar-refractivity contribution in [3.05, 3.63) is 23.8 Å². The standard InChI is InChI=1S/C19H15Cl6F3N6O8/c1-7(36)30-11-8(3-2-4-9(11)29-6-35)17(31-13(38)12(21)22,32-14(39)18(23,24)25)15(40)34(33-10(37)5-20)42-16(41)19(26,27)28/h2-4,6,12H,5H2,1H3,(H,29,35)(H,30,36)(H,31,38)(H,32,39)(H,33,37). The van der Waals surface area contributed by atoms with Crippen molar-refractivity contribution in [3.63, 3.8) is 0 Å². The lowest BCUT2D eigenvalue weighted by atomic mass is 9.94. The lowest BCUT2D eigenvalue weighted by molar-refractivity contribution is -0.248. The first-order valence-electron chi connectivity index (χ1n) is 10.3. The highest BCUT2D eigenvalue weighted by atomic mass is 35.6. The Morgan fingerprint density at radius 2 is 1.64 bits per heavy atom. The van der Waals surface area contributed by atoms with Gasteiger partial charge in [0.1, 0.15) is 5.88 Å². The van der Waals surface area contributed by atoms with Crippen molar-refractivity contribution in [2.24, 2.45) is 0 Å². The number of amides is 6. The molecule has 0 radical (unpaired) electrons. The zero-order valence-corrected chi connectivity index (χ0v) is 24.7. The van der Waals surface area contributed by atoms with E-state index in [9.17, 15) is 46.7 Å². The van der Waals surface area contributed by atoms with Gasteiger partial charge in [0.15, 0.2) is 4.84 Å². The van der Waals surface area contributed by atoms with E-state index in [0.717, 1.165) is 25.1 Å². The predicted octanol–water partition coefficient (Wildman–Crippen LogP) is 1.89. The van der Waals surface area contributed by atoms with Gasteiger partial charge in [0.2, 0.25) is 18.0 Å². The molecule has 0 aliphatic heterocycles. The maximum atomic E-state index is 14.0. The minimum Gasteiger partial charge on any atom is -0.327 e. The van der Waals surface area contributed by atoms with E-state index in [1.54, 1.807) is 10.6 Å². The Labute approximate surface area is 262 Å². The number of rotatable bonds is 9. The van der Waals surface area contributed by atoms with Crippen LogP contribution < -0.4 is 26.7 Å². The number of nitrogens with one attached hydrogen (secondary N) is 5. The van der Waals surface area contributed by atoms with Crippen LogP contribution in [0.2, 0.25) is 0 Å². The van der Waals surface area contributed by atoms with Gasteiger partial charge in [0.25, 0.3) is 21.5 Å². The molecule has 42 heavy (non-hydrogen) atoms. The van der Waals surface area contributed by atoms with E-state index < -0.39 is 78.3 Å². The average molecular weight is 725 g/mol. The first-order valence-corrected chi connectivity index (χ1v) is 12.8. The Morgan fingerprint density at radius 1 is 1.05 bits per heavy atom. The summed E-state index contributed by atoms with van der Waals surface area (Å²) < 4.78 is 36.2. The number of para-hydroxylation sites is 1. The predicted molar refractivity (Wildman–Crippen MR) is 142 cm³/mol. The molecule has 14 nitrogen and oxygen atoms in total. The molecule has 1 aromatic rings. The van der Waals surface area contributed by atoms with Crippen molar-refractivity contribution in [2.75, 3.05) is 16.5 Å². The average Bonchev–Trinajstić information content (AvgIpc) is 2.86. The van der Waals surface area contributed by atoms with Crippen molar-refractivity contribution in [2.45, 2.75) is 27.4 Å². The number of anilines is 2. The lowest BCUT2D eigenvalue weighted by Gasteiger charge is -2.39. The van der Waals surface area contributed by atoms with Crippen molar-refractivity contribution in [3.8, 4) is 0 Å². The summed E-state index contributed by atoms with van der Waals surface area (Å²) in [5.74, 6) is -12.1. The number of nitrogens with zero attached hydrogens (tertiary/aromatic N) is 1. The van der Waals surface area contributed by atoms with Crippen molar-refractivity contribution < 1.29 is 51.6 Å². The third-order valence-corrected chi connectivity index (χ3v) is 5.46. The number of carbonyl (C=O) groups excluding carboxylic acids is 7. The minimum atomic E-state index is -5.79. The largest absolute Gasteiger partial charge is 0.493 e. The summed E-state index contributed by atoms with van der Waals surface area (Å²) in [7, 11) is 0. The van der Waals surface area contributed by atoms with Gasteiger partial charge in [-0.05, 0) is 6.07 Å². The highest BCUT2D eigenvalue weighted by Crippen LogP contribution is 2.37.